The van der Waals surface area contributed by atoms with Crippen LogP contribution in [0.3, 0.4) is 0 Å². The van der Waals surface area contributed by atoms with Gasteiger partial charge in [-0.3, -0.25) is 4.79 Å². The molecule has 0 spiro atoms. The Morgan fingerprint density at radius 3 is 2.26 bits per heavy atom. The van der Waals surface area contributed by atoms with E-state index in [2.05, 4.69) is 34.4 Å². The van der Waals surface area contributed by atoms with Crippen molar-refractivity contribution in [3.8, 4) is 0 Å². The minimum Gasteiger partial charge on any atom is -0.368 e. The van der Waals surface area contributed by atoms with Crippen LogP contribution in [0.4, 0.5) is 11.5 Å². The standard InChI is InChI=1S/C18H24N4O/c1-11(2)14-6-8-15(9-7-14)22-18(23)16-10-17(19-12(3)4)21-13(5)20-16/h6-12H,1-5H3,(H,22,23)(H,19,20,21). The number of aromatic nitrogens is 2. The monoisotopic (exact) mass is 312 g/mol. The molecule has 1 aromatic carbocycles. The highest BCUT2D eigenvalue weighted by Crippen LogP contribution is 2.18. The number of carbonyl (C=O) groups is 1. The molecular formula is C18H24N4O. The molecule has 0 aliphatic carbocycles. The van der Waals surface area contributed by atoms with E-state index in [1.807, 2.05) is 38.1 Å². The second-order valence-corrected chi connectivity index (χ2v) is 6.22. The smallest absolute Gasteiger partial charge is 0.274 e. The molecule has 0 saturated heterocycles. The third-order valence-corrected chi connectivity index (χ3v) is 3.34. The lowest BCUT2D eigenvalue weighted by Crippen LogP contribution is -2.17. The van der Waals surface area contributed by atoms with E-state index >= 15 is 0 Å². The van der Waals surface area contributed by atoms with Crippen LogP contribution in [0.2, 0.25) is 0 Å². The molecule has 2 aromatic rings. The summed E-state index contributed by atoms with van der Waals surface area (Å²) >= 11 is 0. The zero-order valence-corrected chi connectivity index (χ0v) is 14.3. The fraction of sp³-hybridized carbons (Fsp3) is 0.389. The third kappa shape index (κ3) is 4.77. The van der Waals surface area contributed by atoms with Gasteiger partial charge in [-0.15, -0.1) is 0 Å². The molecule has 5 heteroatoms. The van der Waals surface area contributed by atoms with Crippen molar-refractivity contribution in [3.63, 3.8) is 0 Å². The molecule has 0 aliphatic heterocycles. The summed E-state index contributed by atoms with van der Waals surface area (Å²) in [5, 5.41) is 6.07. The van der Waals surface area contributed by atoms with E-state index in [0.29, 0.717) is 23.3 Å². The highest BCUT2D eigenvalue weighted by Gasteiger charge is 2.11. The zero-order chi connectivity index (χ0) is 17.0. The number of nitrogens with one attached hydrogen (secondary N) is 2. The van der Waals surface area contributed by atoms with Gasteiger partial charge in [-0.2, -0.15) is 0 Å². The third-order valence-electron chi connectivity index (χ3n) is 3.34. The van der Waals surface area contributed by atoms with Gasteiger partial charge >= 0.3 is 0 Å². The number of amides is 1. The van der Waals surface area contributed by atoms with Gasteiger partial charge in [0, 0.05) is 17.8 Å². The Kier molecular flexibility index (Phi) is 5.32. The Bertz CT molecular complexity index is 678. The van der Waals surface area contributed by atoms with Gasteiger partial charge in [0.2, 0.25) is 0 Å². The first-order valence-electron chi connectivity index (χ1n) is 7.88. The highest BCUT2D eigenvalue weighted by molar-refractivity contribution is 6.03. The van der Waals surface area contributed by atoms with Crippen LogP contribution in [0.1, 0.15) is 55.5 Å². The maximum atomic E-state index is 12.4. The molecule has 0 atom stereocenters. The van der Waals surface area contributed by atoms with Crippen LogP contribution in [-0.4, -0.2) is 21.9 Å². The Morgan fingerprint density at radius 2 is 1.70 bits per heavy atom. The van der Waals surface area contributed by atoms with Gasteiger partial charge in [-0.25, -0.2) is 9.97 Å². The SMILES string of the molecule is Cc1nc(NC(C)C)cc(C(=O)Nc2ccc(C(C)C)cc2)n1. The predicted molar refractivity (Wildman–Crippen MR) is 94.0 cm³/mol. The normalized spacial score (nSPS) is 10.9. The minimum absolute atomic E-state index is 0.236. The van der Waals surface area contributed by atoms with E-state index in [1.54, 1.807) is 13.0 Å². The van der Waals surface area contributed by atoms with Crippen LogP contribution < -0.4 is 10.6 Å². The molecule has 0 radical (unpaired) electrons. The van der Waals surface area contributed by atoms with E-state index in [9.17, 15) is 4.79 Å². The molecule has 0 aliphatic rings. The fourth-order valence-electron chi connectivity index (χ4n) is 2.20. The second kappa shape index (κ2) is 7.22. The van der Waals surface area contributed by atoms with Gasteiger partial charge in [-0.1, -0.05) is 26.0 Å². The molecule has 122 valence electrons. The number of carbonyl (C=O) groups excluding carboxylic acids is 1. The highest BCUT2D eigenvalue weighted by atomic mass is 16.1. The van der Waals surface area contributed by atoms with E-state index in [4.69, 9.17) is 0 Å². The van der Waals surface area contributed by atoms with Crippen molar-refractivity contribution >= 4 is 17.4 Å². The predicted octanol–water partition coefficient (Wildman–Crippen LogP) is 3.98. The molecule has 0 bridgehead atoms. The molecule has 2 rings (SSSR count). The number of hydrogen-bond donors (Lipinski definition) is 2. The number of anilines is 2. The van der Waals surface area contributed by atoms with Crippen LogP contribution in [-0.2, 0) is 0 Å². The quantitative estimate of drug-likeness (QED) is 0.876. The molecule has 1 aromatic heterocycles. The lowest BCUT2D eigenvalue weighted by molar-refractivity contribution is 0.102. The zero-order valence-electron chi connectivity index (χ0n) is 14.3. The first-order valence-corrected chi connectivity index (χ1v) is 7.88. The molecule has 1 heterocycles. The molecule has 0 fully saturated rings. The summed E-state index contributed by atoms with van der Waals surface area (Å²) < 4.78 is 0. The van der Waals surface area contributed by atoms with E-state index < -0.39 is 0 Å². The van der Waals surface area contributed by atoms with E-state index in [1.165, 1.54) is 5.56 Å². The summed E-state index contributed by atoms with van der Waals surface area (Å²) in [5.74, 6) is 1.46. The topological polar surface area (TPSA) is 66.9 Å². The summed E-state index contributed by atoms with van der Waals surface area (Å²) in [6.45, 7) is 10.1. The van der Waals surface area contributed by atoms with E-state index in [0.717, 1.165) is 5.69 Å². The number of rotatable bonds is 5. The summed E-state index contributed by atoms with van der Waals surface area (Å²) in [7, 11) is 0. The summed E-state index contributed by atoms with van der Waals surface area (Å²) in [6.07, 6.45) is 0. The Hall–Kier alpha value is -2.43. The average Bonchev–Trinajstić information content (AvgIpc) is 2.46. The first-order chi connectivity index (χ1) is 10.8. The van der Waals surface area contributed by atoms with Crippen LogP contribution in [0.5, 0.6) is 0 Å². The second-order valence-electron chi connectivity index (χ2n) is 6.22. The first kappa shape index (κ1) is 16.9. The molecule has 5 nitrogen and oxygen atoms in total. The Morgan fingerprint density at radius 1 is 1.04 bits per heavy atom. The van der Waals surface area contributed by atoms with Gasteiger partial charge in [0.25, 0.3) is 5.91 Å². The van der Waals surface area contributed by atoms with Crippen molar-refractivity contribution in [1.82, 2.24) is 9.97 Å². The van der Waals surface area contributed by atoms with Crippen LogP contribution in [0, 0.1) is 6.92 Å². The summed E-state index contributed by atoms with van der Waals surface area (Å²) in [5.41, 5.74) is 2.35. The largest absolute Gasteiger partial charge is 0.368 e. The van der Waals surface area contributed by atoms with Gasteiger partial charge in [0.15, 0.2) is 0 Å². The molecular weight excluding hydrogens is 288 g/mol. The number of nitrogens with zero attached hydrogens (tertiary/aromatic N) is 2. The maximum absolute atomic E-state index is 12.4. The van der Waals surface area contributed by atoms with Gasteiger partial charge in [-0.05, 0) is 44.4 Å². The van der Waals surface area contributed by atoms with Crippen LogP contribution in [0.15, 0.2) is 30.3 Å². The Balaban J connectivity index is 2.15. The van der Waals surface area contributed by atoms with Gasteiger partial charge in [0.1, 0.15) is 17.3 Å². The molecule has 1 amide bonds. The number of aryl methyl sites for hydroxylation is 1. The van der Waals surface area contributed by atoms with Gasteiger partial charge in [0.05, 0.1) is 0 Å². The van der Waals surface area contributed by atoms with Crippen LogP contribution >= 0.6 is 0 Å². The van der Waals surface area contributed by atoms with Crippen molar-refractivity contribution in [3.05, 3.63) is 47.4 Å². The molecule has 0 unspecified atom stereocenters. The molecule has 0 saturated carbocycles. The van der Waals surface area contributed by atoms with Crippen LogP contribution in [0.25, 0.3) is 0 Å². The van der Waals surface area contributed by atoms with Crippen molar-refractivity contribution in [2.24, 2.45) is 0 Å². The fourth-order valence-corrected chi connectivity index (χ4v) is 2.20. The number of benzene rings is 1. The lowest BCUT2D eigenvalue weighted by atomic mass is 10.0. The summed E-state index contributed by atoms with van der Waals surface area (Å²) in [4.78, 5) is 20.9. The minimum atomic E-state index is -0.236. The summed E-state index contributed by atoms with van der Waals surface area (Å²) in [6, 6.07) is 9.78. The average molecular weight is 312 g/mol. The lowest BCUT2D eigenvalue weighted by Gasteiger charge is -2.11. The van der Waals surface area contributed by atoms with E-state index in [-0.39, 0.29) is 11.9 Å². The van der Waals surface area contributed by atoms with Crippen molar-refractivity contribution in [2.45, 2.75) is 46.6 Å². The van der Waals surface area contributed by atoms with Gasteiger partial charge < -0.3 is 10.6 Å². The Labute approximate surface area is 137 Å². The van der Waals surface area contributed by atoms with Crippen molar-refractivity contribution in [2.75, 3.05) is 10.6 Å². The van der Waals surface area contributed by atoms with Crippen molar-refractivity contribution < 1.29 is 4.79 Å². The van der Waals surface area contributed by atoms with Crippen molar-refractivity contribution in [1.29, 1.82) is 0 Å². The molecule has 2 N–H and O–H groups in total. The maximum Gasteiger partial charge on any atom is 0.274 e. The molecule has 23 heavy (non-hydrogen) atoms. The number of hydrogen-bond acceptors (Lipinski definition) is 4.